The molecule has 0 aliphatic heterocycles. The molecule has 1 aromatic rings. The van der Waals surface area contributed by atoms with E-state index in [1.54, 1.807) is 24.1 Å². The summed E-state index contributed by atoms with van der Waals surface area (Å²) in [6.07, 6.45) is 0. The number of hydrogen-bond donors (Lipinski definition) is 3. The molecule has 1 rings (SSSR count). The van der Waals surface area contributed by atoms with Crippen molar-refractivity contribution >= 4 is 11.7 Å². The van der Waals surface area contributed by atoms with E-state index in [0.29, 0.717) is 0 Å². The Kier molecular flexibility index (Phi) is 3.39. The van der Waals surface area contributed by atoms with Crippen LogP contribution in [-0.4, -0.2) is 40.5 Å². The van der Waals surface area contributed by atoms with Crippen LogP contribution in [0.3, 0.4) is 0 Å². The minimum absolute atomic E-state index is 0.0346. The third-order valence-electron chi connectivity index (χ3n) is 2.30. The normalized spacial score (nSPS) is 14.2. The van der Waals surface area contributed by atoms with Crippen molar-refractivity contribution in [3.63, 3.8) is 0 Å². The van der Waals surface area contributed by atoms with Crippen LogP contribution >= 0.6 is 0 Å². The quantitative estimate of drug-likeness (QED) is 0.701. The first-order chi connectivity index (χ1) is 7.33. The number of hydrogen-bond acceptors (Lipinski definition) is 4. The highest BCUT2D eigenvalue weighted by molar-refractivity contribution is 5.77. The van der Waals surface area contributed by atoms with Crippen molar-refractivity contribution in [1.82, 2.24) is 0 Å². The molecule has 0 aromatic heterocycles. The van der Waals surface area contributed by atoms with Gasteiger partial charge < -0.3 is 20.2 Å². The van der Waals surface area contributed by atoms with Crippen LogP contribution in [-0.2, 0) is 4.79 Å². The van der Waals surface area contributed by atoms with E-state index in [2.05, 4.69) is 0 Å². The van der Waals surface area contributed by atoms with E-state index in [-0.39, 0.29) is 12.3 Å². The van der Waals surface area contributed by atoms with Gasteiger partial charge in [-0.05, 0) is 31.2 Å². The SMILES string of the molecule is CN(CC(C)(O)C(=O)O)c1ccc(O)cc1. The summed E-state index contributed by atoms with van der Waals surface area (Å²) in [5.74, 6) is -1.12. The topological polar surface area (TPSA) is 81.0 Å². The fraction of sp³-hybridized carbons (Fsp3) is 0.364. The second kappa shape index (κ2) is 4.40. The fourth-order valence-corrected chi connectivity index (χ4v) is 1.33. The number of phenolic OH excluding ortho intramolecular Hbond substituents is 1. The molecule has 0 saturated carbocycles. The van der Waals surface area contributed by atoms with Crippen LogP contribution in [0.15, 0.2) is 24.3 Å². The zero-order valence-corrected chi connectivity index (χ0v) is 9.21. The maximum atomic E-state index is 10.7. The van der Waals surface area contributed by atoms with Crippen LogP contribution < -0.4 is 4.90 Å². The summed E-state index contributed by atoms with van der Waals surface area (Å²) >= 11 is 0. The predicted molar refractivity (Wildman–Crippen MR) is 59.6 cm³/mol. The van der Waals surface area contributed by atoms with Crippen molar-refractivity contribution in [2.45, 2.75) is 12.5 Å². The predicted octanol–water partition coefficient (Wildman–Crippen LogP) is 0.664. The van der Waals surface area contributed by atoms with Crippen LogP contribution in [0.2, 0.25) is 0 Å². The van der Waals surface area contributed by atoms with E-state index in [1.807, 2.05) is 0 Å². The summed E-state index contributed by atoms with van der Waals surface area (Å²) in [6.45, 7) is 1.21. The van der Waals surface area contributed by atoms with Gasteiger partial charge in [-0.25, -0.2) is 4.79 Å². The van der Waals surface area contributed by atoms with Gasteiger partial charge in [0.25, 0.3) is 0 Å². The molecule has 0 spiro atoms. The Balaban J connectivity index is 2.76. The Labute approximate surface area is 93.6 Å². The molecule has 0 heterocycles. The summed E-state index contributed by atoms with van der Waals surface area (Å²) in [5, 5.41) is 27.4. The van der Waals surface area contributed by atoms with Gasteiger partial charge in [-0.15, -0.1) is 0 Å². The largest absolute Gasteiger partial charge is 0.508 e. The van der Waals surface area contributed by atoms with Crippen LogP contribution in [0, 0.1) is 0 Å². The average molecular weight is 225 g/mol. The summed E-state index contributed by atoms with van der Waals surface area (Å²) in [5.41, 5.74) is -1.08. The molecule has 1 aromatic carbocycles. The Morgan fingerprint density at radius 2 is 1.88 bits per heavy atom. The van der Waals surface area contributed by atoms with E-state index in [1.165, 1.54) is 19.1 Å². The molecular weight excluding hydrogens is 210 g/mol. The monoisotopic (exact) mass is 225 g/mol. The van der Waals surface area contributed by atoms with Crippen molar-refractivity contribution in [3.05, 3.63) is 24.3 Å². The van der Waals surface area contributed by atoms with E-state index in [4.69, 9.17) is 10.2 Å². The Morgan fingerprint density at radius 3 is 2.31 bits per heavy atom. The number of aliphatic hydroxyl groups is 1. The van der Waals surface area contributed by atoms with Gasteiger partial charge in [0, 0.05) is 12.7 Å². The molecule has 5 heteroatoms. The Hall–Kier alpha value is -1.75. The minimum atomic E-state index is -1.80. The average Bonchev–Trinajstić information content (AvgIpc) is 2.17. The summed E-state index contributed by atoms with van der Waals surface area (Å²) < 4.78 is 0. The number of anilines is 1. The lowest BCUT2D eigenvalue weighted by molar-refractivity contribution is -0.155. The number of benzene rings is 1. The van der Waals surface area contributed by atoms with Gasteiger partial charge in [0.15, 0.2) is 5.60 Å². The Bertz CT molecular complexity index is 372. The van der Waals surface area contributed by atoms with Crippen LogP contribution in [0.25, 0.3) is 0 Å². The van der Waals surface area contributed by atoms with Gasteiger partial charge in [-0.2, -0.15) is 0 Å². The van der Waals surface area contributed by atoms with Crippen molar-refractivity contribution in [2.75, 3.05) is 18.5 Å². The van der Waals surface area contributed by atoms with Crippen molar-refractivity contribution in [2.24, 2.45) is 0 Å². The van der Waals surface area contributed by atoms with E-state index < -0.39 is 11.6 Å². The van der Waals surface area contributed by atoms with E-state index in [0.717, 1.165) is 5.69 Å². The molecule has 0 aliphatic rings. The maximum Gasteiger partial charge on any atom is 0.337 e. The lowest BCUT2D eigenvalue weighted by Gasteiger charge is -2.27. The first-order valence-electron chi connectivity index (χ1n) is 4.79. The molecule has 0 saturated heterocycles. The van der Waals surface area contributed by atoms with Crippen LogP contribution in [0.5, 0.6) is 5.75 Å². The van der Waals surface area contributed by atoms with Gasteiger partial charge in [-0.3, -0.25) is 0 Å². The van der Waals surface area contributed by atoms with Crippen LogP contribution in [0.1, 0.15) is 6.92 Å². The fourth-order valence-electron chi connectivity index (χ4n) is 1.33. The molecular formula is C11H15NO4. The highest BCUT2D eigenvalue weighted by Crippen LogP contribution is 2.19. The number of carbonyl (C=O) groups is 1. The molecule has 1 atom stereocenters. The van der Waals surface area contributed by atoms with Crippen molar-refractivity contribution < 1.29 is 20.1 Å². The first kappa shape index (κ1) is 12.3. The molecule has 1 unspecified atom stereocenters. The molecule has 0 radical (unpaired) electrons. The molecule has 5 nitrogen and oxygen atoms in total. The van der Waals surface area contributed by atoms with Crippen molar-refractivity contribution in [3.8, 4) is 5.75 Å². The van der Waals surface area contributed by atoms with E-state index in [9.17, 15) is 9.90 Å². The lowest BCUT2D eigenvalue weighted by atomic mass is 10.1. The first-order valence-corrected chi connectivity index (χ1v) is 4.79. The zero-order valence-electron chi connectivity index (χ0n) is 9.21. The third-order valence-corrected chi connectivity index (χ3v) is 2.30. The van der Waals surface area contributed by atoms with Crippen molar-refractivity contribution in [1.29, 1.82) is 0 Å². The number of rotatable bonds is 4. The highest BCUT2D eigenvalue weighted by Gasteiger charge is 2.31. The smallest absolute Gasteiger partial charge is 0.337 e. The number of phenols is 1. The van der Waals surface area contributed by atoms with Gasteiger partial charge in [0.2, 0.25) is 0 Å². The number of likely N-dealkylation sites (N-methyl/N-ethyl adjacent to an activating group) is 1. The lowest BCUT2D eigenvalue weighted by Crippen LogP contribution is -2.45. The summed E-state index contributed by atoms with van der Waals surface area (Å²) in [6, 6.07) is 6.29. The molecule has 0 aliphatic carbocycles. The number of aromatic hydroxyl groups is 1. The second-order valence-corrected chi connectivity index (χ2v) is 3.95. The summed E-state index contributed by atoms with van der Waals surface area (Å²) in [4.78, 5) is 12.3. The number of carboxylic acids is 1. The zero-order chi connectivity index (χ0) is 12.3. The van der Waals surface area contributed by atoms with Crippen LogP contribution in [0.4, 0.5) is 5.69 Å². The molecule has 0 amide bonds. The minimum Gasteiger partial charge on any atom is -0.508 e. The van der Waals surface area contributed by atoms with E-state index >= 15 is 0 Å². The molecule has 0 fully saturated rings. The van der Waals surface area contributed by atoms with Gasteiger partial charge in [0.05, 0.1) is 6.54 Å². The molecule has 0 bridgehead atoms. The third kappa shape index (κ3) is 2.87. The maximum absolute atomic E-state index is 10.7. The molecule has 16 heavy (non-hydrogen) atoms. The standard InChI is InChI=1S/C11H15NO4/c1-11(16,10(14)15)7-12(2)8-3-5-9(13)6-4-8/h3-6,13,16H,7H2,1-2H3,(H,14,15). The summed E-state index contributed by atoms with van der Waals surface area (Å²) in [7, 11) is 1.67. The highest BCUT2D eigenvalue weighted by atomic mass is 16.4. The van der Waals surface area contributed by atoms with Gasteiger partial charge in [-0.1, -0.05) is 0 Å². The molecule has 88 valence electrons. The number of aliphatic carboxylic acids is 1. The number of nitrogens with zero attached hydrogens (tertiary/aromatic N) is 1. The second-order valence-electron chi connectivity index (χ2n) is 3.95. The molecule has 3 N–H and O–H groups in total. The van der Waals surface area contributed by atoms with Gasteiger partial charge in [0.1, 0.15) is 5.75 Å². The number of carboxylic acid groups (broad SMARTS) is 1. The van der Waals surface area contributed by atoms with Gasteiger partial charge >= 0.3 is 5.97 Å². The Morgan fingerprint density at radius 1 is 1.38 bits per heavy atom.